The lowest BCUT2D eigenvalue weighted by molar-refractivity contribution is 0.172. The zero-order chi connectivity index (χ0) is 13.0. The first-order chi connectivity index (χ1) is 8.66. The molecule has 0 aliphatic heterocycles. The van der Waals surface area contributed by atoms with E-state index in [1.807, 2.05) is 19.3 Å². The molecule has 0 atom stereocenters. The van der Waals surface area contributed by atoms with Crippen molar-refractivity contribution in [1.82, 2.24) is 9.88 Å². The van der Waals surface area contributed by atoms with Crippen LogP contribution >= 0.6 is 0 Å². The first-order valence-corrected chi connectivity index (χ1v) is 6.71. The van der Waals surface area contributed by atoms with Gasteiger partial charge in [0.1, 0.15) is 5.82 Å². The maximum Gasteiger partial charge on any atom is 0.127 e. The zero-order valence-electron chi connectivity index (χ0n) is 11.7. The molecule has 0 spiro atoms. The van der Waals surface area contributed by atoms with Crippen LogP contribution in [0.25, 0.3) is 0 Å². The molecule has 1 aromatic rings. The van der Waals surface area contributed by atoms with Gasteiger partial charge in [0.25, 0.3) is 0 Å². The lowest BCUT2D eigenvalue weighted by Gasteiger charge is -2.36. The monoisotopic (exact) mass is 248 g/mol. The average Bonchev–Trinajstić information content (AvgIpc) is 2.87. The van der Waals surface area contributed by atoms with E-state index in [4.69, 9.17) is 0 Å². The topological polar surface area (TPSA) is 40.2 Å². The Kier molecular flexibility index (Phi) is 4.07. The minimum absolute atomic E-state index is 0.322. The van der Waals surface area contributed by atoms with E-state index >= 15 is 0 Å². The van der Waals surface area contributed by atoms with Crippen LogP contribution in [0.5, 0.6) is 0 Å². The quantitative estimate of drug-likeness (QED) is 0.839. The molecule has 0 unspecified atom stereocenters. The molecule has 1 aliphatic rings. The van der Waals surface area contributed by atoms with E-state index in [0.717, 1.165) is 18.1 Å². The Morgan fingerprint density at radius 3 is 2.67 bits per heavy atom. The molecular formula is C14H24N4. The fourth-order valence-corrected chi connectivity index (χ4v) is 2.76. The molecule has 1 saturated carbocycles. The largest absolute Gasteiger partial charge is 0.383 e. The summed E-state index contributed by atoms with van der Waals surface area (Å²) in [6.07, 6.45) is 7.11. The summed E-state index contributed by atoms with van der Waals surface area (Å²) in [6.45, 7) is 1.01. The number of rotatable bonds is 5. The van der Waals surface area contributed by atoms with Crippen molar-refractivity contribution in [3.63, 3.8) is 0 Å². The van der Waals surface area contributed by atoms with E-state index in [-0.39, 0.29) is 0 Å². The highest BCUT2D eigenvalue weighted by Gasteiger charge is 2.35. The second kappa shape index (κ2) is 5.57. The van der Waals surface area contributed by atoms with Gasteiger partial charge in [-0.25, -0.2) is 4.98 Å². The second-order valence-corrected chi connectivity index (χ2v) is 5.36. The predicted molar refractivity (Wildman–Crippen MR) is 77.2 cm³/mol. The van der Waals surface area contributed by atoms with Crippen LogP contribution in [0.15, 0.2) is 18.3 Å². The van der Waals surface area contributed by atoms with Gasteiger partial charge in [0.15, 0.2) is 0 Å². The summed E-state index contributed by atoms with van der Waals surface area (Å²) in [5.74, 6) is 0.908. The number of nitrogens with one attached hydrogen (secondary N) is 2. The highest BCUT2D eigenvalue weighted by molar-refractivity contribution is 5.51. The molecule has 1 fully saturated rings. The summed E-state index contributed by atoms with van der Waals surface area (Å²) < 4.78 is 0. The molecule has 1 heterocycles. The minimum Gasteiger partial charge on any atom is -0.383 e. The minimum atomic E-state index is 0.322. The summed E-state index contributed by atoms with van der Waals surface area (Å²) in [5.41, 5.74) is 1.46. The first-order valence-electron chi connectivity index (χ1n) is 6.71. The van der Waals surface area contributed by atoms with Crippen LogP contribution < -0.4 is 10.6 Å². The van der Waals surface area contributed by atoms with E-state index in [1.54, 1.807) is 0 Å². The summed E-state index contributed by atoms with van der Waals surface area (Å²) >= 11 is 0. The number of hydrogen-bond donors (Lipinski definition) is 2. The van der Waals surface area contributed by atoms with Crippen LogP contribution in [0.1, 0.15) is 25.7 Å². The van der Waals surface area contributed by atoms with Crippen molar-refractivity contribution < 1.29 is 0 Å². The number of anilines is 2. The van der Waals surface area contributed by atoms with Gasteiger partial charge in [-0.3, -0.25) is 0 Å². The van der Waals surface area contributed by atoms with Crippen molar-refractivity contribution in [3.8, 4) is 0 Å². The third-order valence-corrected chi connectivity index (χ3v) is 4.12. The van der Waals surface area contributed by atoms with E-state index in [0.29, 0.717) is 5.54 Å². The Morgan fingerprint density at radius 1 is 1.33 bits per heavy atom. The van der Waals surface area contributed by atoms with Crippen LogP contribution in [-0.2, 0) is 0 Å². The van der Waals surface area contributed by atoms with Crippen molar-refractivity contribution in [2.75, 3.05) is 38.3 Å². The predicted octanol–water partition coefficient (Wildman–Crippen LogP) is 2.41. The van der Waals surface area contributed by atoms with E-state index in [9.17, 15) is 0 Å². The van der Waals surface area contributed by atoms with Gasteiger partial charge in [-0.2, -0.15) is 0 Å². The highest BCUT2D eigenvalue weighted by Crippen LogP contribution is 2.33. The van der Waals surface area contributed by atoms with Gasteiger partial charge in [0.05, 0.1) is 0 Å². The molecular weight excluding hydrogens is 224 g/mol. The molecule has 2 N–H and O–H groups in total. The molecule has 0 radical (unpaired) electrons. The number of nitrogens with zero attached hydrogens (tertiary/aromatic N) is 2. The van der Waals surface area contributed by atoms with Crippen molar-refractivity contribution in [2.24, 2.45) is 0 Å². The Labute approximate surface area is 110 Å². The fourth-order valence-electron chi connectivity index (χ4n) is 2.76. The van der Waals surface area contributed by atoms with Gasteiger partial charge in [-0.1, -0.05) is 12.8 Å². The van der Waals surface area contributed by atoms with Gasteiger partial charge in [0.2, 0.25) is 0 Å². The third-order valence-electron chi connectivity index (χ3n) is 4.12. The van der Waals surface area contributed by atoms with Crippen LogP contribution in [0.3, 0.4) is 0 Å². The molecule has 18 heavy (non-hydrogen) atoms. The van der Waals surface area contributed by atoms with Crippen LogP contribution in [-0.4, -0.2) is 43.1 Å². The van der Waals surface area contributed by atoms with Gasteiger partial charge in [0, 0.05) is 37.1 Å². The summed E-state index contributed by atoms with van der Waals surface area (Å²) in [7, 11) is 6.28. The van der Waals surface area contributed by atoms with Crippen molar-refractivity contribution in [2.45, 2.75) is 31.2 Å². The normalized spacial score (nSPS) is 18.0. The van der Waals surface area contributed by atoms with Crippen LogP contribution in [0, 0.1) is 0 Å². The molecule has 1 aliphatic carbocycles. The maximum absolute atomic E-state index is 4.23. The Balaban J connectivity index is 2.01. The number of aromatic nitrogens is 1. The Bertz CT molecular complexity index is 383. The summed E-state index contributed by atoms with van der Waals surface area (Å²) in [4.78, 5) is 6.61. The third kappa shape index (κ3) is 2.75. The molecule has 2 rings (SSSR count). The van der Waals surface area contributed by atoms with Crippen LogP contribution in [0.4, 0.5) is 11.5 Å². The lowest BCUT2D eigenvalue weighted by atomic mass is 9.96. The maximum atomic E-state index is 4.23. The molecule has 0 amide bonds. The van der Waals surface area contributed by atoms with Crippen molar-refractivity contribution in [3.05, 3.63) is 18.3 Å². The number of pyridine rings is 1. The molecule has 1 aromatic heterocycles. The zero-order valence-corrected chi connectivity index (χ0v) is 11.7. The lowest BCUT2D eigenvalue weighted by Crippen LogP contribution is -2.47. The van der Waals surface area contributed by atoms with Gasteiger partial charge >= 0.3 is 0 Å². The van der Waals surface area contributed by atoms with Gasteiger partial charge in [-0.15, -0.1) is 0 Å². The van der Waals surface area contributed by atoms with Gasteiger partial charge in [-0.05, 0) is 33.0 Å². The first kappa shape index (κ1) is 13.1. The Morgan fingerprint density at radius 2 is 2.06 bits per heavy atom. The standard InChI is InChI=1S/C14H24N4/c1-15-13-10-12(6-9-16-13)17-11-14(18(2)3)7-4-5-8-14/h6,9-10H,4-5,7-8,11H2,1-3H3,(H2,15,16,17). The van der Waals surface area contributed by atoms with E-state index in [2.05, 4.69) is 40.7 Å². The molecule has 4 heteroatoms. The highest BCUT2D eigenvalue weighted by atomic mass is 15.2. The summed E-state index contributed by atoms with van der Waals surface area (Å²) in [5, 5.41) is 6.63. The van der Waals surface area contributed by atoms with Crippen molar-refractivity contribution >= 4 is 11.5 Å². The van der Waals surface area contributed by atoms with Crippen molar-refractivity contribution in [1.29, 1.82) is 0 Å². The fraction of sp³-hybridized carbons (Fsp3) is 0.643. The molecule has 4 nitrogen and oxygen atoms in total. The Hall–Kier alpha value is -1.29. The molecule has 0 bridgehead atoms. The van der Waals surface area contributed by atoms with E-state index in [1.165, 1.54) is 25.7 Å². The molecule has 0 saturated heterocycles. The molecule has 100 valence electrons. The molecule has 0 aromatic carbocycles. The number of hydrogen-bond acceptors (Lipinski definition) is 4. The van der Waals surface area contributed by atoms with Crippen LogP contribution in [0.2, 0.25) is 0 Å². The van der Waals surface area contributed by atoms with E-state index < -0.39 is 0 Å². The van der Waals surface area contributed by atoms with Gasteiger partial charge < -0.3 is 15.5 Å². The second-order valence-electron chi connectivity index (χ2n) is 5.36. The summed E-state index contributed by atoms with van der Waals surface area (Å²) in [6, 6.07) is 4.08. The number of likely N-dealkylation sites (N-methyl/N-ethyl adjacent to an activating group) is 1. The average molecular weight is 248 g/mol. The SMILES string of the molecule is CNc1cc(NCC2(N(C)C)CCCC2)ccn1. The smallest absolute Gasteiger partial charge is 0.127 e.